The fourth-order valence-corrected chi connectivity index (χ4v) is 2.66. The maximum Gasteiger partial charge on any atom is 0.394 e. The van der Waals surface area contributed by atoms with Gasteiger partial charge >= 0.3 is 10.4 Å². The van der Waals surface area contributed by atoms with Gasteiger partial charge in [0, 0.05) is 13.1 Å². The highest BCUT2D eigenvalue weighted by Crippen LogP contribution is 2.20. The third-order valence-electron chi connectivity index (χ3n) is 4.02. The summed E-state index contributed by atoms with van der Waals surface area (Å²) in [6, 6.07) is 6.42. The summed E-state index contributed by atoms with van der Waals surface area (Å²) in [5, 5.41) is 0. The van der Waals surface area contributed by atoms with E-state index in [1.807, 2.05) is 0 Å². The van der Waals surface area contributed by atoms with Gasteiger partial charge in [0.1, 0.15) is 0 Å². The summed E-state index contributed by atoms with van der Waals surface area (Å²) < 4.78 is 31.6. The summed E-state index contributed by atoms with van der Waals surface area (Å²) in [5.74, 6) is -0.121. The number of primary amides is 1. The molecule has 1 heterocycles. The molecule has 1 unspecified atom stereocenters. The first-order chi connectivity index (χ1) is 10.6. The largest absolute Gasteiger partial charge is 0.394 e. The lowest BCUT2D eigenvalue weighted by Gasteiger charge is -2.31. The first kappa shape index (κ1) is 19.6. The van der Waals surface area contributed by atoms with E-state index in [1.165, 1.54) is 16.7 Å². The van der Waals surface area contributed by atoms with Crippen molar-refractivity contribution in [1.29, 1.82) is 0 Å². The standard InChI is InChI=1S/C15H22N2O.H2O4S/c1-11-5-3-6-13(12(11)2)9-17-8-4-7-14(10-17)15(16)18;1-5(2,3)4/h3,5-6,14H,4,7-10H2,1-2H3,(H2,16,18);(H2,1,2,3,4). The number of amides is 1. The molecular formula is C15H24N2O5S. The van der Waals surface area contributed by atoms with Crippen LogP contribution in [0.15, 0.2) is 18.2 Å². The lowest BCUT2D eigenvalue weighted by atomic mass is 9.96. The van der Waals surface area contributed by atoms with Crippen LogP contribution in [0.4, 0.5) is 0 Å². The summed E-state index contributed by atoms with van der Waals surface area (Å²) >= 11 is 0. The molecule has 1 amide bonds. The van der Waals surface area contributed by atoms with Crippen LogP contribution in [0.5, 0.6) is 0 Å². The molecule has 1 aromatic rings. The average molecular weight is 344 g/mol. The van der Waals surface area contributed by atoms with Gasteiger partial charge in [0.2, 0.25) is 5.91 Å². The third-order valence-corrected chi connectivity index (χ3v) is 4.02. The molecule has 1 aliphatic heterocycles. The average Bonchev–Trinajstić information content (AvgIpc) is 2.42. The fourth-order valence-electron chi connectivity index (χ4n) is 2.66. The van der Waals surface area contributed by atoms with Crippen LogP contribution in [0.25, 0.3) is 0 Å². The number of hydrogen-bond donors (Lipinski definition) is 3. The molecule has 0 saturated carbocycles. The summed E-state index contributed by atoms with van der Waals surface area (Å²) in [4.78, 5) is 13.6. The van der Waals surface area contributed by atoms with E-state index in [9.17, 15) is 4.79 Å². The van der Waals surface area contributed by atoms with E-state index in [0.29, 0.717) is 0 Å². The Labute approximate surface area is 137 Å². The van der Waals surface area contributed by atoms with Crippen molar-refractivity contribution in [3.05, 3.63) is 34.9 Å². The predicted molar refractivity (Wildman–Crippen MR) is 87.3 cm³/mol. The molecule has 0 aromatic heterocycles. The van der Waals surface area contributed by atoms with Crippen LogP contribution in [0, 0.1) is 19.8 Å². The van der Waals surface area contributed by atoms with Gasteiger partial charge in [-0.1, -0.05) is 18.2 Å². The second kappa shape index (κ2) is 8.39. The minimum atomic E-state index is -4.67. The van der Waals surface area contributed by atoms with Crippen LogP contribution in [0.1, 0.15) is 29.5 Å². The predicted octanol–water partition coefficient (Wildman–Crippen LogP) is 1.35. The molecule has 4 N–H and O–H groups in total. The summed E-state index contributed by atoms with van der Waals surface area (Å²) in [7, 11) is -4.67. The summed E-state index contributed by atoms with van der Waals surface area (Å²) in [6.45, 7) is 7.11. The minimum Gasteiger partial charge on any atom is -0.369 e. The molecule has 2 rings (SSSR count). The molecule has 0 aliphatic carbocycles. The van der Waals surface area contributed by atoms with Gasteiger partial charge in [0.15, 0.2) is 0 Å². The lowest BCUT2D eigenvalue weighted by molar-refractivity contribution is -0.123. The first-order valence-corrected chi connectivity index (χ1v) is 8.74. The van der Waals surface area contributed by atoms with Crippen molar-refractivity contribution >= 4 is 16.3 Å². The quantitative estimate of drug-likeness (QED) is 0.712. The lowest BCUT2D eigenvalue weighted by Crippen LogP contribution is -2.40. The molecule has 0 radical (unpaired) electrons. The van der Waals surface area contributed by atoms with Gasteiger partial charge < -0.3 is 5.73 Å². The maximum absolute atomic E-state index is 11.3. The van der Waals surface area contributed by atoms with Gasteiger partial charge in [0.25, 0.3) is 0 Å². The first-order valence-electron chi connectivity index (χ1n) is 7.34. The van der Waals surface area contributed by atoms with E-state index in [4.69, 9.17) is 23.3 Å². The van der Waals surface area contributed by atoms with Gasteiger partial charge in [-0.05, 0) is 49.9 Å². The van der Waals surface area contributed by atoms with Crippen molar-refractivity contribution in [3.8, 4) is 0 Å². The fraction of sp³-hybridized carbons (Fsp3) is 0.533. The van der Waals surface area contributed by atoms with Gasteiger partial charge in [0.05, 0.1) is 5.92 Å². The van der Waals surface area contributed by atoms with Gasteiger partial charge in [-0.2, -0.15) is 8.42 Å². The molecule has 0 bridgehead atoms. The number of likely N-dealkylation sites (tertiary alicyclic amines) is 1. The van der Waals surface area contributed by atoms with Gasteiger partial charge in [-0.3, -0.25) is 18.8 Å². The molecule has 1 atom stereocenters. The number of benzene rings is 1. The van der Waals surface area contributed by atoms with Crippen LogP contribution in [0.3, 0.4) is 0 Å². The van der Waals surface area contributed by atoms with Crippen LogP contribution in [0.2, 0.25) is 0 Å². The number of nitrogens with zero attached hydrogens (tertiary/aromatic N) is 1. The number of hydrogen-bond acceptors (Lipinski definition) is 4. The van der Waals surface area contributed by atoms with Crippen molar-refractivity contribution in [2.75, 3.05) is 13.1 Å². The smallest absolute Gasteiger partial charge is 0.369 e. The Morgan fingerprint density at radius 3 is 2.52 bits per heavy atom. The van der Waals surface area contributed by atoms with E-state index in [0.717, 1.165) is 32.5 Å². The SMILES string of the molecule is Cc1cccc(CN2CCCC(C(N)=O)C2)c1C.O=S(=O)(O)O. The van der Waals surface area contributed by atoms with Gasteiger partial charge in [-0.15, -0.1) is 0 Å². The highest BCUT2D eigenvalue weighted by atomic mass is 32.3. The molecular weight excluding hydrogens is 320 g/mol. The Kier molecular flexibility index (Phi) is 7.14. The van der Waals surface area contributed by atoms with E-state index in [-0.39, 0.29) is 11.8 Å². The topological polar surface area (TPSA) is 121 Å². The van der Waals surface area contributed by atoms with E-state index in [1.54, 1.807) is 0 Å². The number of rotatable bonds is 3. The Hall–Kier alpha value is -1.48. The molecule has 1 aliphatic rings. The highest BCUT2D eigenvalue weighted by molar-refractivity contribution is 7.79. The van der Waals surface area contributed by atoms with Crippen molar-refractivity contribution in [2.24, 2.45) is 11.7 Å². The zero-order valence-electron chi connectivity index (χ0n) is 13.4. The number of carbonyl (C=O) groups excluding carboxylic acids is 1. The molecule has 23 heavy (non-hydrogen) atoms. The maximum atomic E-state index is 11.3. The molecule has 1 saturated heterocycles. The van der Waals surface area contributed by atoms with Crippen LogP contribution >= 0.6 is 0 Å². The Bertz CT molecular complexity index is 637. The zero-order chi connectivity index (χ0) is 17.6. The van der Waals surface area contributed by atoms with Crippen molar-refractivity contribution in [2.45, 2.75) is 33.2 Å². The van der Waals surface area contributed by atoms with Gasteiger partial charge in [-0.25, -0.2) is 0 Å². The normalized spacial score (nSPS) is 18.9. The number of piperidine rings is 1. The van der Waals surface area contributed by atoms with E-state index >= 15 is 0 Å². The second-order valence-corrected chi connectivity index (χ2v) is 6.68. The van der Waals surface area contributed by atoms with E-state index in [2.05, 4.69) is 36.9 Å². The Morgan fingerprint density at radius 2 is 1.96 bits per heavy atom. The monoisotopic (exact) mass is 344 g/mol. The Balaban J connectivity index is 0.000000463. The Morgan fingerprint density at radius 1 is 1.35 bits per heavy atom. The van der Waals surface area contributed by atoms with Crippen LogP contribution in [-0.2, 0) is 21.7 Å². The molecule has 8 heteroatoms. The molecule has 1 fully saturated rings. The number of nitrogens with two attached hydrogens (primary N) is 1. The van der Waals surface area contributed by atoms with Crippen molar-refractivity contribution < 1.29 is 22.3 Å². The molecule has 7 nitrogen and oxygen atoms in total. The summed E-state index contributed by atoms with van der Waals surface area (Å²) in [6.07, 6.45) is 2.01. The van der Waals surface area contributed by atoms with Crippen LogP contribution < -0.4 is 5.73 Å². The molecule has 130 valence electrons. The van der Waals surface area contributed by atoms with Crippen molar-refractivity contribution in [1.82, 2.24) is 4.90 Å². The van der Waals surface area contributed by atoms with E-state index < -0.39 is 10.4 Å². The minimum absolute atomic E-state index is 0.0314. The second-order valence-electron chi connectivity index (χ2n) is 5.78. The third kappa shape index (κ3) is 7.56. The van der Waals surface area contributed by atoms with Crippen LogP contribution in [-0.4, -0.2) is 41.4 Å². The number of aryl methyl sites for hydroxylation is 1. The van der Waals surface area contributed by atoms with Crippen molar-refractivity contribution in [3.63, 3.8) is 0 Å². The zero-order valence-corrected chi connectivity index (χ0v) is 14.2. The number of carbonyl (C=O) groups is 1. The highest BCUT2D eigenvalue weighted by Gasteiger charge is 2.24. The molecule has 0 spiro atoms. The summed E-state index contributed by atoms with van der Waals surface area (Å²) in [5.41, 5.74) is 9.46. The molecule has 1 aromatic carbocycles.